The number of benzene rings is 1. The van der Waals surface area contributed by atoms with Gasteiger partial charge in [-0.25, -0.2) is 4.98 Å². The van der Waals surface area contributed by atoms with E-state index >= 15 is 0 Å². The highest BCUT2D eigenvalue weighted by molar-refractivity contribution is 5.98. The normalized spacial score (nSPS) is 14.5. The minimum Gasteiger partial charge on any atom is -0.480 e. The molecule has 1 aromatic carbocycles. The van der Waals surface area contributed by atoms with Crippen molar-refractivity contribution in [3.63, 3.8) is 0 Å². The van der Waals surface area contributed by atoms with Crippen LogP contribution in [0, 0.1) is 0 Å². The Morgan fingerprint density at radius 3 is 2.89 bits per heavy atom. The van der Waals surface area contributed by atoms with Crippen molar-refractivity contribution in [2.24, 2.45) is 0 Å². The first-order valence-corrected chi connectivity index (χ1v) is 6.11. The van der Waals surface area contributed by atoms with E-state index in [1.165, 1.54) is 4.90 Å². The molecule has 0 atom stereocenters. The largest absolute Gasteiger partial charge is 0.480 e. The van der Waals surface area contributed by atoms with Gasteiger partial charge < -0.3 is 15.0 Å². The number of carboxylic acid groups (broad SMARTS) is 1. The molecule has 0 bridgehead atoms. The standard InChI is InChI=1S/C13H13N3O3/c17-12(18)6-16(9-2-3-9)13(19)8-1-4-10-11(5-8)15-7-14-10/h1,4-5,7,9H,2-3,6H2,(H,14,15)(H,17,18). The minimum atomic E-state index is -0.983. The molecule has 98 valence electrons. The average Bonchev–Trinajstić information content (AvgIpc) is 3.12. The minimum absolute atomic E-state index is 0.0704. The number of nitrogens with one attached hydrogen (secondary N) is 1. The summed E-state index contributed by atoms with van der Waals surface area (Å²) in [6.45, 7) is -0.246. The van der Waals surface area contributed by atoms with Crippen LogP contribution < -0.4 is 0 Å². The number of carboxylic acids is 1. The van der Waals surface area contributed by atoms with E-state index in [0.717, 1.165) is 23.9 Å². The smallest absolute Gasteiger partial charge is 0.323 e. The van der Waals surface area contributed by atoms with Crippen molar-refractivity contribution in [2.75, 3.05) is 6.54 Å². The van der Waals surface area contributed by atoms with E-state index in [0.29, 0.717) is 5.56 Å². The van der Waals surface area contributed by atoms with Crippen LogP contribution in [0.15, 0.2) is 24.5 Å². The topological polar surface area (TPSA) is 86.3 Å². The molecule has 1 aromatic heterocycles. The van der Waals surface area contributed by atoms with Gasteiger partial charge in [-0.2, -0.15) is 0 Å². The number of hydrogen-bond acceptors (Lipinski definition) is 3. The van der Waals surface area contributed by atoms with Crippen molar-refractivity contribution in [1.82, 2.24) is 14.9 Å². The summed E-state index contributed by atoms with van der Waals surface area (Å²) in [5.74, 6) is -1.22. The summed E-state index contributed by atoms with van der Waals surface area (Å²) >= 11 is 0. The molecule has 3 rings (SSSR count). The lowest BCUT2D eigenvalue weighted by molar-refractivity contribution is -0.137. The van der Waals surface area contributed by atoms with Crippen LogP contribution in [0.2, 0.25) is 0 Å². The number of aromatic amines is 1. The Bertz CT molecular complexity index is 645. The number of rotatable bonds is 4. The van der Waals surface area contributed by atoms with E-state index in [9.17, 15) is 9.59 Å². The molecule has 0 saturated heterocycles. The number of carbonyl (C=O) groups excluding carboxylic acids is 1. The van der Waals surface area contributed by atoms with Crippen molar-refractivity contribution in [3.05, 3.63) is 30.1 Å². The van der Waals surface area contributed by atoms with Crippen molar-refractivity contribution >= 4 is 22.9 Å². The summed E-state index contributed by atoms with van der Waals surface area (Å²) in [4.78, 5) is 31.7. The number of hydrogen-bond donors (Lipinski definition) is 2. The first kappa shape index (κ1) is 11.7. The molecule has 1 saturated carbocycles. The van der Waals surface area contributed by atoms with E-state index < -0.39 is 5.97 Å². The predicted octanol–water partition coefficient (Wildman–Crippen LogP) is 1.25. The summed E-state index contributed by atoms with van der Waals surface area (Å²) in [5.41, 5.74) is 2.05. The van der Waals surface area contributed by atoms with Gasteiger partial charge >= 0.3 is 5.97 Å². The van der Waals surface area contributed by atoms with Gasteiger partial charge in [0.15, 0.2) is 0 Å². The summed E-state index contributed by atoms with van der Waals surface area (Å²) in [6, 6.07) is 5.22. The number of nitrogens with zero attached hydrogens (tertiary/aromatic N) is 2. The molecule has 0 aliphatic heterocycles. The molecule has 2 aromatic rings. The maximum absolute atomic E-state index is 12.4. The molecule has 1 fully saturated rings. The molecule has 1 aliphatic carbocycles. The maximum Gasteiger partial charge on any atom is 0.323 e. The zero-order valence-corrected chi connectivity index (χ0v) is 10.2. The second-order valence-electron chi connectivity index (χ2n) is 4.69. The van der Waals surface area contributed by atoms with Gasteiger partial charge in [0.05, 0.1) is 17.4 Å². The SMILES string of the molecule is O=C(O)CN(C(=O)c1ccc2nc[nH]c2c1)C1CC1. The predicted molar refractivity (Wildman–Crippen MR) is 67.8 cm³/mol. The van der Waals surface area contributed by atoms with E-state index in [2.05, 4.69) is 9.97 Å². The van der Waals surface area contributed by atoms with Crippen LogP contribution in [-0.4, -0.2) is 44.4 Å². The Hall–Kier alpha value is -2.37. The molecule has 6 nitrogen and oxygen atoms in total. The number of carbonyl (C=O) groups is 2. The lowest BCUT2D eigenvalue weighted by Crippen LogP contribution is -2.37. The van der Waals surface area contributed by atoms with Gasteiger partial charge in [-0.15, -0.1) is 0 Å². The second-order valence-corrected chi connectivity index (χ2v) is 4.69. The molecular weight excluding hydrogens is 246 g/mol. The number of aliphatic carboxylic acids is 1. The van der Waals surface area contributed by atoms with Crippen molar-refractivity contribution < 1.29 is 14.7 Å². The van der Waals surface area contributed by atoms with Crippen LogP contribution >= 0.6 is 0 Å². The highest BCUT2D eigenvalue weighted by Crippen LogP contribution is 2.28. The zero-order valence-electron chi connectivity index (χ0n) is 10.2. The third-order valence-corrected chi connectivity index (χ3v) is 3.22. The van der Waals surface area contributed by atoms with Crippen LogP contribution in [0.4, 0.5) is 0 Å². The third kappa shape index (κ3) is 2.29. The maximum atomic E-state index is 12.4. The molecule has 1 amide bonds. The molecule has 1 heterocycles. The summed E-state index contributed by atoms with van der Waals surface area (Å²) in [7, 11) is 0. The van der Waals surface area contributed by atoms with Gasteiger partial charge in [0.25, 0.3) is 5.91 Å². The molecule has 0 unspecified atom stereocenters. The van der Waals surface area contributed by atoms with Crippen LogP contribution in [0.5, 0.6) is 0 Å². The number of amides is 1. The second kappa shape index (κ2) is 4.38. The van der Waals surface area contributed by atoms with E-state index in [-0.39, 0.29) is 18.5 Å². The number of aromatic nitrogens is 2. The number of H-pyrrole nitrogens is 1. The van der Waals surface area contributed by atoms with Crippen LogP contribution in [-0.2, 0) is 4.79 Å². The van der Waals surface area contributed by atoms with Crippen molar-refractivity contribution in [3.8, 4) is 0 Å². The van der Waals surface area contributed by atoms with Crippen LogP contribution in [0.3, 0.4) is 0 Å². The molecule has 1 aliphatic rings. The monoisotopic (exact) mass is 259 g/mol. The highest BCUT2D eigenvalue weighted by atomic mass is 16.4. The van der Waals surface area contributed by atoms with Gasteiger partial charge in [-0.1, -0.05) is 0 Å². The molecular formula is C13H13N3O3. The molecule has 2 N–H and O–H groups in total. The van der Waals surface area contributed by atoms with Gasteiger partial charge in [0, 0.05) is 11.6 Å². The Morgan fingerprint density at radius 1 is 1.42 bits per heavy atom. The first-order valence-electron chi connectivity index (χ1n) is 6.11. The highest BCUT2D eigenvalue weighted by Gasteiger charge is 2.34. The van der Waals surface area contributed by atoms with Gasteiger partial charge in [0.2, 0.25) is 0 Å². The average molecular weight is 259 g/mol. The quantitative estimate of drug-likeness (QED) is 0.865. The molecule has 19 heavy (non-hydrogen) atoms. The van der Waals surface area contributed by atoms with Gasteiger partial charge in [-0.3, -0.25) is 9.59 Å². The van der Waals surface area contributed by atoms with Gasteiger partial charge in [-0.05, 0) is 31.0 Å². The molecule has 0 spiro atoms. The fourth-order valence-corrected chi connectivity index (χ4v) is 2.13. The van der Waals surface area contributed by atoms with Crippen LogP contribution in [0.25, 0.3) is 11.0 Å². The Kier molecular flexibility index (Phi) is 2.70. The Balaban J connectivity index is 1.89. The Morgan fingerprint density at radius 2 is 2.21 bits per heavy atom. The zero-order chi connectivity index (χ0) is 13.4. The van der Waals surface area contributed by atoms with E-state index in [1.807, 2.05) is 0 Å². The lowest BCUT2D eigenvalue weighted by atomic mass is 10.1. The fourth-order valence-electron chi connectivity index (χ4n) is 2.13. The summed E-state index contributed by atoms with van der Waals surface area (Å²) in [6.07, 6.45) is 3.32. The van der Waals surface area contributed by atoms with Crippen molar-refractivity contribution in [1.29, 1.82) is 0 Å². The number of fused-ring (bicyclic) bond motifs is 1. The summed E-state index contributed by atoms with van der Waals surface area (Å²) in [5, 5.41) is 8.88. The third-order valence-electron chi connectivity index (χ3n) is 3.22. The van der Waals surface area contributed by atoms with Crippen LogP contribution in [0.1, 0.15) is 23.2 Å². The van der Waals surface area contributed by atoms with E-state index in [4.69, 9.17) is 5.11 Å². The fraction of sp³-hybridized carbons (Fsp3) is 0.308. The molecule has 0 radical (unpaired) electrons. The lowest BCUT2D eigenvalue weighted by Gasteiger charge is -2.20. The number of imidazole rings is 1. The first-order chi connectivity index (χ1) is 9.15. The van der Waals surface area contributed by atoms with E-state index in [1.54, 1.807) is 24.5 Å². The van der Waals surface area contributed by atoms with Gasteiger partial charge in [0.1, 0.15) is 6.54 Å². The Labute approximate surface area is 109 Å². The summed E-state index contributed by atoms with van der Waals surface area (Å²) < 4.78 is 0. The molecule has 6 heteroatoms. The van der Waals surface area contributed by atoms with Crippen molar-refractivity contribution in [2.45, 2.75) is 18.9 Å².